The Morgan fingerprint density at radius 1 is 1.09 bits per heavy atom. The van der Waals surface area contributed by atoms with Gasteiger partial charge < -0.3 is 5.32 Å². The number of hydrogen-bond acceptors (Lipinski definition) is 5. The van der Waals surface area contributed by atoms with Crippen molar-refractivity contribution >= 4 is 11.6 Å². The zero-order chi connectivity index (χ0) is 22.8. The maximum Gasteiger partial charge on any atom is 0.228 e. The van der Waals surface area contributed by atoms with Crippen LogP contribution in [0, 0.1) is 5.82 Å². The van der Waals surface area contributed by atoms with Gasteiger partial charge in [0.15, 0.2) is 0 Å². The molecule has 5 rings (SSSR count). The minimum absolute atomic E-state index is 0.0479. The molecule has 0 spiro atoms. The SMILES string of the molecule is Cn1cc(Cc2ncc(-c3ccc(CC(=O)Nc4ccnc(C5CC5)c4)c(F)c3)cn2)cn1. The van der Waals surface area contributed by atoms with Crippen LogP contribution in [0.25, 0.3) is 11.1 Å². The number of nitrogens with zero attached hydrogens (tertiary/aromatic N) is 5. The van der Waals surface area contributed by atoms with Crippen LogP contribution in [0.4, 0.5) is 10.1 Å². The smallest absolute Gasteiger partial charge is 0.228 e. The zero-order valence-corrected chi connectivity index (χ0v) is 18.2. The number of anilines is 1. The van der Waals surface area contributed by atoms with Gasteiger partial charge in [-0.25, -0.2) is 14.4 Å². The van der Waals surface area contributed by atoms with Gasteiger partial charge in [0, 0.05) is 61.1 Å². The second-order valence-electron chi connectivity index (χ2n) is 8.36. The Bertz CT molecular complexity index is 1300. The third kappa shape index (κ3) is 5.11. The van der Waals surface area contributed by atoms with E-state index in [1.54, 1.807) is 47.7 Å². The van der Waals surface area contributed by atoms with Crippen LogP contribution in [0.2, 0.25) is 0 Å². The summed E-state index contributed by atoms with van der Waals surface area (Å²) >= 11 is 0. The highest BCUT2D eigenvalue weighted by Gasteiger charge is 2.25. The molecule has 4 aromatic rings. The van der Waals surface area contributed by atoms with E-state index >= 15 is 0 Å². The molecule has 0 aliphatic heterocycles. The first-order chi connectivity index (χ1) is 16.0. The van der Waals surface area contributed by atoms with Crippen molar-refractivity contribution in [3.05, 3.63) is 89.8 Å². The molecule has 7 nitrogen and oxygen atoms in total. The highest BCUT2D eigenvalue weighted by molar-refractivity contribution is 5.92. The van der Waals surface area contributed by atoms with Crippen molar-refractivity contribution in [2.75, 3.05) is 5.32 Å². The third-order valence-corrected chi connectivity index (χ3v) is 5.62. The summed E-state index contributed by atoms with van der Waals surface area (Å²) in [5.74, 6) is 0.467. The summed E-state index contributed by atoms with van der Waals surface area (Å²) in [6.07, 6.45) is 11.6. The average molecular weight is 442 g/mol. The summed E-state index contributed by atoms with van der Waals surface area (Å²) < 4.78 is 16.5. The number of benzene rings is 1. The zero-order valence-electron chi connectivity index (χ0n) is 18.2. The van der Waals surface area contributed by atoms with Gasteiger partial charge in [-0.2, -0.15) is 5.10 Å². The van der Waals surface area contributed by atoms with Crippen LogP contribution in [0.3, 0.4) is 0 Å². The van der Waals surface area contributed by atoms with Gasteiger partial charge in [0.25, 0.3) is 0 Å². The van der Waals surface area contributed by atoms with E-state index in [1.165, 1.54) is 6.07 Å². The van der Waals surface area contributed by atoms with Crippen LogP contribution in [0.15, 0.2) is 61.3 Å². The van der Waals surface area contributed by atoms with E-state index in [4.69, 9.17) is 0 Å². The number of amides is 1. The molecule has 0 unspecified atom stereocenters. The summed E-state index contributed by atoms with van der Waals surface area (Å²) in [6.45, 7) is 0. The molecule has 1 aromatic carbocycles. The quantitative estimate of drug-likeness (QED) is 0.467. The van der Waals surface area contributed by atoms with Crippen LogP contribution in [-0.2, 0) is 24.7 Å². The Kier molecular flexibility index (Phi) is 5.64. The van der Waals surface area contributed by atoms with Crippen LogP contribution >= 0.6 is 0 Å². The normalized spacial score (nSPS) is 13.2. The predicted octanol–water partition coefficient (Wildman–Crippen LogP) is 4.06. The van der Waals surface area contributed by atoms with Gasteiger partial charge >= 0.3 is 0 Å². The van der Waals surface area contributed by atoms with Gasteiger partial charge in [0.2, 0.25) is 5.91 Å². The van der Waals surface area contributed by atoms with E-state index in [9.17, 15) is 9.18 Å². The molecule has 1 aliphatic carbocycles. The fourth-order valence-corrected chi connectivity index (χ4v) is 3.72. The van der Waals surface area contributed by atoms with Gasteiger partial charge in [0.05, 0.1) is 12.6 Å². The van der Waals surface area contributed by atoms with Gasteiger partial charge in [-0.05, 0) is 47.7 Å². The molecule has 0 atom stereocenters. The molecule has 166 valence electrons. The molecule has 1 fully saturated rings. The monoisotopic (exact) mass is 442 g/mol. The minimum Gasteiger partial charge on any atom is -0.326 e. The number of rotatable bonds is 7. The molecular weight excluding hydrogens is 419 g/mol. The number of aromatic nitrogens is 5. The Labute approximate surface area is 190 Å². The van der Waals surface area contributed by atoms with E-state index in [1.807, 2.05) is 19.3 Å². The summed E-state index contributed by atoms with van der Waals surface area (Å²) in [4.78, 5) is 25.6. The maximum absolute atomic E-state index is 14.7. The van der Waals surface area contributed by atoms with Crippen LogP contribution in [-0.4, -0.2) is 30.6 Å². The first-order valence-electron chi connectivity index (χ1n) is 10.9. The lowest BCUT2D eigenvalue weighted by atomic mass is 10.0. The third-order valence-electron chi connectivity index (χ3n) is 5.62. The number of carbonyl (C=O) groups excluding carboxylic acids is 1. The molecule has 1 saturated carbocycles. The summed E-state index contributed by atoms with van der Waals surface area (Å²) in [6, 6.07) is 8.48. The number of halogens is 1. The first kappa shape index (κ1) is 20.9. The Hall–Kier alpha value is -3.94. The molecule has 3 heterocycles. The molecule has 1 amide bonds. The number of pyridine rings is 1. The fraction of sp³-hybridized carbons (Fsp3) is 0.240. The number of hydrogen-bond donors (Lipinski definition) is 1. The minimum atomic E-state index is -0.435. The summed E-state index contributed by atoms with van der Waals surface area (Å²) in [7, 11) is 1.86. The second kappa shape index (κ2) is 8.90. The topological polar surface area (TPSA) is 85.6 Å². The van der Waals surface area contributed by atoms with E-state index < -0.39 is 5.82 Å². The van der Waals surface area contributed by atoms with Crippen molar-refractivity contribution in [3.8, 4) is 11.1 Å². The highest BCUT2D eigenvalue weighted by Crippen LogP contribution is 2.39. The average Bonchev–Trinajstić information content (AvgIpc) is 3.58. The number of nitrogens with one attached hydrogen (secondary N) is 1. The lowest BCUT2D eigenvalue weighted by Gasteiger charge is -2.09. The van der Waals surface area contributed by atoms with E-state index in [0.717, 1.165) is 24.1 Å². The molecule has 0 saturated heterocycles. The van der Waals surface area contributed by atoms with Gasteiger partial charge in [-0.15, -0.1) is 0 Å². The Morgan fingerprint density at radius 3 is 2.61 bits per heavy atom. The summed E-state index contributed by atoms with van der Waals surface area (Å²) in [5.41, 5.74) is 4.42. The number of carbonyl (C=O) groups is 1. The first-order valence-corrected chi connectivity index (χ1v) is 10.9. The van der Waals surface area contributed by atoms with Gasteiger partial charge in [-0.3, -0.25) is 14.5 Å². The molecule has 0 bridgehead atoms. The Morgan fingerprint density at radius 2 is 1.91 bits per heavy atom. The van der Waals surface area contributed by atoms with Gasteiger partial charge in [-0.1, -0.05) is 12.1 Å². The molecule has 33 heavy (non-hydrogen) atoms. The van der Waals surface area contributed by atoms with E-state index in [-0.39, 0.29) is 12.3 Å². The van der Waals surface area contributed by atoms with E-state index in [2.05, 4.69) is 25.4 Å². The molecule has 0 radical (unpaired) electrons. The molecule has 1 N–H and O–H groups in total. The van der Waals surface area contributed by atoms with Crippen molar-refractivity contribution in [2.45, 2.75) is 31.6 Å². The fourth-order valence-electron chi connectivity index (χ4n) is 3.72. The van der Waals surface area contributed by atoms with E-state index in [0.29, 0.717) is 40.5 Å². The van der Waals surface area contributed by atoms with Crippen LogP contribution in [0.5, 0.6) is 0 Å². The van der Waals surface area contributed by atoms with Gasteiger partial charge in [0.1, 0.15) is 11.6 Å². The van der Waals surface area contributed by atoms with Crippen molar-refractivity contribution < 1.29 is 9.18 Å². The molecule has 1 aliphatic rings. The second-order valence-corrected chi connectivity index (χ2v) is 8.36. The molecule has 8 heteroatoms. The van der Waals surface area contributed by atoms with Crippen molar-refractivity contribution in [3.63, 3.8) is 0 Å². The highest BCUT2D eigenvalue weighted by atomic mass is 19.1. The van der Waals surface area contributed by atoms with Crippen molar-refractivity contribution in [1.82, 2.24) is 24.7 Å². The molecule has 3 aromatic heterocycles. The van der Waals surface area contributed by atoms with Crippen molar-refractivity contribution in [1.29, 1.82) is 0 Å². The largest absolute Gasteiger partial charge is 0.326 e. The number of aryl methyl sites for hydroxylation is 1. The van der Waals surface area contributed by atoms with Crippen LogP contribution < -0.4 is 5.32 Å². The lowest BCUT2D eigenvalue weighted by molar-refractivity contribution is -0.115. The van der Waals surface area contributed by atoms with Crippen LogP contribution in [0.1, 0.15) is 41.4 Å². The lowest BCUT2D eigenvalue weighted by Crippen LogP contribution is -2.15. The molecular formula is C25H23FN6O. The van der Waals surface area contributed by atoms with Crippen molar-refractivity contribution in [2.24, 2.45) is 7.05 Å². The standard InChI is InChI=1S/C25H23FN6O/c1-32-15-16(12-30-32)8-24-28-13-20(14-29-24)18-4-5-19(22(26)9-18)10-25(33)31-21-6-7-27-23(11-21)17-2-3-17/h4-7,9,11-15,17H,2-3,8,10H2,1H3,(H,27,31,33). The maximum atomic E-state index is 14.7. The Balaban J connectivity index is 1.23. The predicted molar refractivity (Wildman–Crippen MR) is 122 cm³/mol. The summed E-state index contributed by atoms with van der Waals surface area (Å²) in [5, 5.41) is 6.98.